The molecule has 3 nitrogen and oxygen atoms in total. The Kier molecular flexibility index (Phi) is 4.16. The minimum Gasteiger partial charge on any atom is -0.396 e. The third kappa shape index (κ3) is 2.93. The van der Waals surface area contributed by atoms with Gasteiger partial charge in [-0.05, 0) is 24.6 Å². The summed E-state index contributed by atoms with van der Waals surface area (Å²) in [5.74, 6) is -1.01. The van der Waals surface area contributed by atoms with Crippen molar-refractivity contribution in [3.63, 3.8) is 0 Å². The molecule has 1 unspecified atom stereocenters. The second-order valence-electron chi connectivity index (χ2n) is 4.21. The predicted molar refractivity (Wildman–Crippen MR) is 67.5 cm³/mol. The lowest BCUT2D eigenvalue weighted by Crippen LogP contribution is -2.08. The van der Waals surface area contributed by atoms with Gasteiger partial charge >= 0.3 is 0 Å². The number of hydrogen-bond acceptors (Lipinski definition) is 3. The van der Waals surface area contributed by atoms with Gasteiger partial charge in [0.25, 0.3) is 0 Å². The van der Waals surface area contributed by atoms with Gasteiger partial charge in [0, 0.05) is 23.7 Å². The maximum absolute atomic E-state index is 13.7. The summed E-state index contributed by atoms with van der Waals surface area (Å²) in [5, 5.41) is 9.23. The van der Waals surface area contributed by atoms with Gasteiger partial charge in [-0.2, -0.15) is 0 Å². The highest BCUT2D eigenvalue weighted by atomic mass is 19.1. The van der Waals surface area contributed by atoms with E-state index in [4.69, 9.17) is 0 Å². The third-order valence-electron chi connectivity index (χ3n) is 2.96. The number of hydrogen-bond donors (Lipinski definition) is 1. The van der Waals surface area contributed by atoms with E-state index in [1.807, 2.05) is 6.92 Å². The zero-order valence-corrected chi connectivity index (χ0v) is 10.5. The minimum atomic E-state index is -0.665. The molecule has 0 bridgehead atoms. The van der Waals surface area contributed by atoms with Crippen LogP contribution in [-0.2, 0) is 0 Å². The Morgan fingerprint density at radius 2 is 2.05 bits per heavy atom. The lowest BCUT2D eigenvalue weighted by atomic mass is 10.1. The van der Waals surface area contributed by atoms with E-state index in [0.717, 1.165) is 6.07 Å². The van der Waals surface area contributed by atoms with E-state index in [2.05, 4.69) is 9.97 Å². The zero-order chi connectivity index (χ0) is 13.8. The molecular formula is C14H14F2N2O. The van der Waals surface area contributed by atoms with Crippen molar-refractivity contribution in [2.75, 3.05) is 6.61 Å². The molecule has 1 atom stereocenters. The van der Waals surface area contributed by atoms with Gasteiger partial charge in [-0.15, -0.1) is 0 Å². The lowest BCUT2D eigenvalue weighted by molar-refractivity contribution is 0.257. The Morgan fingerprint density at radius 1 is 1.26 bits per heavy atom. The van der Waals surface area contributed by atoms with Crippen molar-refractivity contribution >= 4 is 0 Å². The molecule has 19 heavy (non-hydrogen) atoms. The van der Waals surface area contributed by atoms with Gasteiger partial charge in [0.2, 0.25) is 0 Å². The third-order valence-corrected chi connectivity index (χ3v) is 2.96. The monoisotopic (exact) mass is 264 g/mol. The molecule has 1 heterocycles. The summed E-state index contributed by atoms with van der Waals surface area (Å²) in [6.07, 6.45) is 2.20. The first-order valence-electron chi connectivity index (χ1n) is 6.05. The van der Waals surface area contributed by atoms with Crippen LogP contribution in [0.2, 0.25) is 0 Å². The molecule has 1 N–H and O–H groups in total. The summed E-state index contributed by atoms with van der Waals surface area (Å²) in [7, 11) is 0. The molecule has 0 fully saturated rings. The fourth-order valence-electron chi connectivity index (χ4n) is 1.81. The van der Waals surface area contributed by atoms with Crippen LogP contribution in [-0.4, -0.2) is 21.7 Å². The van der Waals surface area contributed by atoms with Crippen LogP contribution in [0.3, 0.4) is 0 Å². The van der Waals surface area contributed by atoms with Crippen molar-refractivity contribution in [2.45, 2.75) is 19.3 Å². The standard InChI is InChI=1S/C14H14F2N2O/c1-2-9(8-19)14-17-6-5-13(18-14)11-4-3-10(15)7-12(11)16/h3-7,9,19H,2,8H2,1H3. The SMILES string of the molecule is CCC(CO)c1nccc(-c2ccc(F)cc2F)n1. The molecule has 2 rings (SSSR count). The first kappa shape index (κ1) is 13.5. The largest absolute Gasteiger partial charge is 0.396 e. The first-order valence-corrected chi connectivity index (χ1v) is 6.05. The summed E-state index contributed by atoms with van der Waals surface area (Å²) in [6, 6.07) is 4.91. The van der Waals surface area contributed by atoms with Crippen molar-refractivity contribution in [3.8, 4) is 11.3 Å². The maximum Gasteiger partial charge on any atom is 0.135 e. The number of aliphatic hydroxyl groups is 1. The quantitative estimate of drug-likeness (QED) is 0.923. The molecule has 0 saturated carbocycles. The molecule has 0 spiro atoms. The first-order chi connectivity index (χ1) is 9.15. The van der Waals surface area contributed by atoms with Crippen LogP contribution < -0.4 is 0 Å². The van der Waals surface area contributed by atoms with E-state index in [1.165, 1.54) is 18.3 Å². The highest BCUT2D eigenvalue weighted by Crippen LogP contribution is 2.23. The van der Waals surface area contributed by atoms with Crippen LogP contribution in [0.15, 0.2) is 30.5 Å². The van der Waals surface area contributed by atoms with Crippen molar-refractivity contribution in [3.05, 3.63) is 47.9 Å². The number of benzene rings is 1. The summed E-state index contributed by atoms with van der Waals surface area (Å²) in [5.41, 5.74) is 0.604. The Bertz CT molecular complexity index is 571. The van der Waals surface area contributed by atoms with Crippen molar-refractivity contribution in [1.82, 2.24) is 9.97 Å². The van der Waals surface area contributed by atoms with Crippen LogP contribution in [0, 0.1) is 11.6 Å². The van der Waals surface area contributed by atoms with Crippen LogP contribution in [0.25, 0.3) is 11.3 Å². The zero-order valence-electron chi connectivity index (χ0n) is 10.5. The highest BCUT2D eigenvalue weighted by molar-refractivity contribution is 5.59. The van der Waals surface area contributed by atoms with E-state index in [0.29, 0.717) is 17.9 Å². The number of aliphatic hydroxyl groups excluding tert-OH is 1. The van der Waals surface area contributed by atoms with Crippen LogP contribution in [0.4, 0.5) is 8.78 Å². The van der Waals surface area contributed by atoms with Gasteiger partial charge in [0.05, 0.1) is 12.3 Å². The molecule has 100 valence electrons. The van der Waals surface area contributed by atoms with Crippen molar-refractivity contribution < 1.29 is 13.9 Å². The molecule has 0 saturated heterocycles. The second kappa shape index (κ2) is 5.84. The molecule has 0 aliphatic carbocycles. The number of nitrogens with zero attached hydrogens (tertiary/aromatic N) is 2. The topological polar surface area (TPSA) is 46.0 Å². The number of halogens is 2. The Morgan fingerprint density at radius 3 is 2.68 bits per heavy atom. The molecule has 5 heteroatoms. The molecular weight excluding hydrogens is 250 g/mol. The predicted octanol–water partition coefficient (Wildman–Crippen LogP) is 2.91. The van der Waals surface area contributed by atoms with E-state index in [1.54, 1.807) is 6.07 Å². The molecule has 0 radical (unpaired) electrons. The van der Waals surface area contributed by atoms with Gasteiger partial charge < -0.3 is 5.11 Å². The number of aromatic nitrogens is 2. The molecule has 2 aromatic rings. The van der Waals surface area contributed by atoms with E-state index in [-0.39, 0.29) is 18.1 Å². The van der Waals surface area contributed by atoms with Crippen LogP contribution in [0.5, 0.6) is 0 Å². The smallest absolute Gasteiger partial charge is 0.135 e. The molecule has 0 aliphatic heterocycles. The average molecular weight is 264 g/mol. The molecule has 0 amide bonds. The minimum absolute atomic E-state index is 0.0636. The fourth-order valence-corrected chi connectivity index (χ4v) is 1.81. The molecule has 0 aliphatic rings. The van der Waals surface area contributed by atoms with Gasteiger partial charge in [0.1, 0.15) is 17.5 Å². The summed E-state index contributed by atoms with van der Waals surface area (Å²) < 4.78 is 26.6. The van der Waals surface area contributed by atoms with E-state index < -0.39 is 11.6 Å². The van der Waals surface area contributed by atoms with Gasteiger partial charge in [0.15, 0.2) is 0 Å². The number of rotatable bonds is 4. The summed E-state index contributed by atoms with van der Waals surface area (Å²) >= 11 is 0. The van der Waals surface area contributed by atoms with Gasteiger partial charge in [-0.25, -0.2) is 18.7 Å². The van der Waals surface area contributed by atoms with E-state index >= 15 is 0 Å². The maximum atomic E-state index is 13.7. The summed E-state index contributed by atoms with van der Waals surface area (Å²) in [4.78, 5) is 8.33. The van der Waals surface area contributed by atoms with Gasteiger partial charge in [-0.3, -0.25) is 0 Å². The highest BCUT2D eigenvalue weighted by Gasteiger charge is 2.14. The second-order valence-corrected chi connectivity index (χ2v) is 4.21. The van der Waals surface area contributed by atoms with Gasteiger partial charge in [-0.1, -0.05) is 6.92 Å². The molecule has 1 aromatic carbocycles. The van der Waals surface area contributed by atoms with Crippen LogP contribution in [0.1, 0.15) is 25.1 Å². The normalized spacial score (nSPS) is 12.4. The Labute approximate surface area is 110 Å². The lowest BCUT2D eigenvalue weighted by Gasteiger charge is -2.11. The Balaban J connectivity index is 2.43. The average Bonchev–Trinajstić information content (AvgIpc) is 2.40. The van der Waals surface area contributed by atoms with Crippen LogP contribution >= 0.6 is 0 Å². The Hall–Kier alpha value is -1.88. The summed E-state index contributed by atoms with van der Waals surface area (Å²) in [6.45, 7) is 1.85. The van der Waals surface area contributed by atoms with Crippen molar-refractivity contribution in [1.29, 1.82) is 0 Å². The molecule has 1 aromatic heterocycles. The van der Waals surface area contributed by atoms with Crippen molar-refractivity contribution in [2.24, 2.45) is 0 Å². The fraction of sp³-hybridized carbons (Fsp3) is 0.286. The van der Waals surface area contributed by atoms with E-state index in [9.17, 15) is 13.9 Å².